The van der Waals surface area contributed by atoms with Crippen molar-refractivity contribution in [3.05, 3.63) is 72.2 Å². The Morgan fingerprint density at radius 2 is 1.97 bits per heavy atom. The van der Waals surface area contributed by atoms with E-state index in [4.69, 9.17) is 0 Å². The van der Waals surface area contributed by atoms with Crippen molar-refractivity contribution in [3.63, 3.8) is 0 Å². The van der Waals surface area contributed by atoms with Crippen LogP contribution in [0.4, 0.5) is 11.6 Å². The Bertz CT molecular complexity index is 1160. The summed E-state index contributed by atoms with van der Waals surface area (Å²) in [7, 11) is 4.12. The van der Waals surface area contributed by atoms with E-state index in [0.29, 0.717) is 0 Å². The van der Waals surface area contributed by atoms with E-state index in [2.05, 4.69) is 81.0 Å². The number of hydrogen-bond donors (Lipinski definition) is 2. The molecule has 1 aromatic carbocycles. The van der Waals surface area contributed by atoms with Crippen LogP contribution in [0.3, 0.4) is 0 Å². The van der Waals surface area contributed by atoms with Crippen LogP contribution in [0.25, 0.3) is 22.0 Å². The second-order valence-electron chi connectivity index (χ2n) is 7.81. The van der Waals surface area contributed by atoms with Crippen LogP contribution >= 0.6 is 0 Å². The highest BCUT2D eigenvalue weighted by atomic mass is 15.1. The molecule has 0 radical (unpaired) electrons. The van der Waals surface area contributed by atoms with E-state index in [0.717, 1.165) is 53.2 Å². The van der Waals surface area contributed by atoms with Gasteiger partial charge in [0.05, 0.1) is 0 Å². The lowest BCUT2D eigenvalue weighted by Crippen LogP contribution is -2.21. The molecule has 2 N–H and O–H groups in total. The van der Waals surface area contributed by atoms with Gasteiger partial charge in [-0.1, -0.05) is 18.2 Å². The normalized spacial score (nSPS) is 13.7. The van der Waals surface area contributed by atoms with Crippen LogP contribution in [0.2, 0.25) is 0 Å². The summed E-state index contributed by atoms with van der Waals surface area (Å²) in [6.45, 7) is 3.82. The standard InChI is InChI=1S/C25H28N6/c1-4-23(19-8-10-27-24(14-19)28-11-12-31(2)3)30-25-15-22-13-18(21-7-9-26-16-21)5-6-20(22)17-29-25/h4-6,8-10,13-17H,7,11-12H2,1-3H3,(H,27,28)(H,29,30)/b23-4+. The Hall–Kier alpha value is -3.51. The zero-order valence-corrected chi connectivity index (χ0v) is 18.3. The first kappa shape index (κ1) is 20.8. The number of anilines is 2. The fourth-order valence-electron chi connectivity index (χ4n) is 3.50. The molecule has 0 aliphatic carbocycles. The van der Waals surface area contributed by atoms with E-state index in [1.165, 1.54) is 11.1 Å². The Morgan fingerprint density at radius 1 is 1.06 bits per heavy atom. The van der Waals surface area contributed by atoms with Gasteiger partial charge in [-0.15, -0.1) is 0 Å². The van der Waals surface area contributed by atoms with Crippen LogP contribution < -0.4 is 10.6 Å². The average Bonchev–Trinajstić information content (AvgIpc) is 3.32. The van der Waals surface area contributed by atoms with Crippen molar-refractivity contribution in [1.82, 2.24) is 14.9 Å². The molecule has 0 spiro atoms. The highest BCUT2D eigenvalue weighted by molar-refractivity contribution is 5.91. The predicted octanol–water partition coefficient (Wildman–Crippen LogP) is 4.89. The maximum Gasteiger partial charge on any atom is 0.130 e. The summed E-state index contributed by atoms with van der Waals surface area (Å²) >= 11 is 0. The second-order valence-corrected chi connectivity index (χ2v) is 7.81. The van der Waals surface area contributed by atoms with E-state index in [1.54, 1.807) is 0 Å². The molecule has 0 fully saturated rings. The van der Waals surface area contributed by atoms with Crippen LogP contribution in [-0.4, -0.2) is 48.3 Å². The van der Waals surface area contributed by atoms with Gasteiger partial charge in [-0.2, -0.15) is 0 Å². The molecule has 4 rings (SSSR count). The maximum absolute atomic E-state index is 4.61. The molecule has 0 unspecified atom stereocenters. The fourth-order valence-corrected chi connectivity index (χ4v) is 3.50. The smallest absolute Gasteiger partial charge is 0.130 e. The lowest BCUT2D eigenvalue weighted by Gasteiger charge is -2.14. The van der Waals surface area contributed by atoms with Crippen LogP contribution in [-0.2, 0) is 0 Å². The molecule has 0 saturated carbocycles. The fraction of sp³-hybridized carbons (Fsp3) is 0.240. The molecule has 0 saturated heterocycles. The van der Waals surface area contributed by atoms with Crippen LogP contribution in [0.15, 0.2) is 66.1 Å². The number of aromatic nitrogens is 2. The molecular weight excluding hydrogens is 384 g/mol. The first-order chi connectivity index (χ1) is 15.1. The lowest BCUT2D eigenvalue weighted by molar-refractivity contribution is 0.425. The molecular formula is C25H28N6. The van der Waals surface area contributed by atoms with E-state index in [-0.39, 0.29) is 0 Å². The summed E-state index contributed by atoms with van der Waals surface area (Å²) in [5.74, 6) is 1.68. The summed E-state index contributed by atoms with van der Waals surface area (Å²) < 4.78 is 0. The average molecular weight is 413 g/mol. The molecule has 158 valence electrons. The van der Waals surface area contributed by atoms with Gasteiger partial charge >= 0.3 is 0 Å². The van der Waals surface area contributed by atoms with Gasteiger partial charge in [-0.3, -0.25) is 4.99 Å². The van der Waals surface area contributed by atoms with Gasteiger partial charge in [0, 0.05) is 61.0 Å². The SMILES string of the molecule is C/C=C(/Nc1cc2cc(C3=CN=CC3)ccc2cn1)c1ccnc(NCCN(C)C)c1. The predicted molar refractivity (Wildman–Crippen MR) is 131 cm³/mol. The van der Waals surface area contributed by atoms with Crippen molar-refractivity contribution < 1.29 is 0 Å². The molecule has 1 aliphatic rings. The molecule has 1 aliphatic heterocycles. The number of benzene rings is 1. The van der Waals surface area contributed by atoms with Gasteiger partial charge in [0.15, 0.2) is 0 Å². The molecule has 0 bridgehead atoms. The first-order valence-electron chi connectivity index (χ1n) is 10.5. The third-order valence-electron chi connectivity index (χ3n) is 5.23. The third-order valence-corrected chi connectivity index (χ3v) is 5.23. The van der Waals surface area contributed by atoms with Gasteiger partial charge in [0.25, 0.3) is 0 Å². The molecule has 31 heavy (non-hydrogen) atoms. The summed E-state index contributed by atoms with van der Waals surface area (Å²) in [5, 5.41) is 9.12. The van der Waals surface area contributed by atoms with Gasteiger partial charge in [0.1, 0.15) is 11.6 Å². The number of allylic oxidation sites excluding steroid dienone is 2. The number of aliphatic imine (C=N–C) groups is 1. The number of nitrogens with one attached hydrogen (secondary N) is 2. The third kappa shape index (κ3) is 5.16. The summed E-state index contributed by atoms with van der Waals surface area (Å²) in [6.07, 6.45) is 10.6. The minimum atomic E-state index is 0.813. The number of fused-ring (bicyclic) bond motifs is 1. The zero-order valence-electron chi connectivity index (χ0n) is 18.3. The van der Waals surface area contributed by atoms with Gasteiger partial charge in [-0.05, 0) is 61.8 Å². The van der Waals surface area contributed by atoms with Crippen molar-refractivity contribution in [2.75, 3.05) is 37.8 Å². The van der Waals surface area contributed by atoms with E-state index in [9.17, 15) is 0 Å². The van der Waals surface area contributed by atoms with Crippen molar-refractivity contribution >= 4 is 39.9 Å². The van der Waals surface area contributed by atoms with Crippen molar-refractivity contribution in [2.45, 2.75) is 13.3 Å². The molecule has 0 atom stereocenters. The van der Waals surface area contributed by atoms with Crippen LogP contribution in [0.5, 0.6) is 0 Å². The molecule has 0 amide bonds. The summed E-state index contributed by atoms with van der Waals surface area (Å²) in [4.78, 5) is 15.4. The maximum atomic E-state index is 4.61. The Balaban J connectivity index is 1.53. The number of rotatable bonds is 8. The first-order valence-corrected chi connectivity index (χ1v) is 10.5. The molecule has 6 heteroatoms. The summed E-state index contributed by atoms with van der Waals surface area (Å²) in [5.41, 5.74) is 4.51. The molecule has 3 heterocycles. The van der Waals surface area contributed by atoms with E-state index < -0.39 is 0 Å². The van der Waals surface area contributed by atoms with E-state index >= 15 is 0 Å². The van der Waals surface area contributed by atoms with Gasteiger partial charge in [0.2, 0.25) is 0 Å². The second kappa shape index (κ2) is 9.53. The van der Waals surface area contributed by atoms with Crippen molar-refractivity contribution in [3.8, 4) is 0 Å². The zero-order chi connectivity index (χ0) is 21.6. The highest BCUT2D eigenvalue weighted by Crippen LogP contribution is 2.27. The molecule has 2 aromatic heterocycles. The monoisotopic (exact) mass is 412 g/mol. The largest absolute Gasteiger partial charge is 0.369 e. The number of nitrogens with zero attached hydrogens (tertiary/aromatic N) is 4. The van der Waals surface area contributed by atoms with Crippen molar-refractivity contribution in [2.24, 2.45) is 4.99 Å². The van der Waals surface area contributed by atoms with Crippen molar-refractivity contribution in [1.29, 1.82) is 0 Å². The molecule has 6 nitrogen and oxygen atoms in total. The Labute approximate surface area is 183 Å². The minimum Gasteiger partial charge on any atom is -0.369 e. The van der Waals surface area contributed by atoms with Crippen LogP contribution in [0, 0.1) is 0 Å². The lowest BCUT2D eigenvalue weighted by atomic mass is 10.0. The number of likely N-dealkylation sites (N-methyl/N-ethyl adjacent to an activating group) is 1. The van der Waals surface area contributed by atoms with Crippen LogP contribution in [0.1, 0.15) is 24.5 Å². The van der Waals surface area contributed by atoms with Gasteiger partial charge in [-0.25, -0.2) is 9.97 Å². The highest BCUT2D eigenvalue weighted by Gasteiger charge is 2.08. The Kier molecular flexibility index (Phi) is 6.38. The minimum absolute atomic E-state index is 0.813. The molecule has 3 aromatic rings. The Morgan fingerprint density at radius 3 is 2.74 bits per heavy atom. The quantitative estimate of drug-likeness (QED) is 0.551. The summed E-state index contributed by atoms with van der Waals surface area (Å²) in [6, 6.07) is 12.6. The topological polar surface area (TPSA) is 65.4 Å². The number of hydrogen-bond acceptors (Lipinski definition) is 6. The van der Waals surface area contributed by atoms with Gasteiger partial charge < -0.3 is 15.5 Å². The number of pyridine rings is 2. The van der Waals surface area contributed by atoms with E-state index in [1.807, 2.05) is 37.8 Å².